The number of hydrogen-bond acceptors (Lipinski definition) is 5. The average Bonchev–Trinajstić information content (AvgIpc) is 2.07. The molecule has 0 bridgehead atoms. The van der Waals surface area contributed by atoms with Crippen LogP contribution in [0.25, 0.3) is 0 Å². The minimum Gasteiger partial charge on any atom is -0.463 e. The van der Waals surface area contributed by atoms with Gasteiger partial charge in [0, 0.05) is 20.2 Å². The first-order chi connectivity index (χ1) is 5.76. The number of nitrogens with two attached hydrogens (primary N) is 2. The van der Waals surface area contributed by atoms with E-state index in [9.17, 15) is 4.79 Å². The summed E-state index contributed by atoms with van der Waals surface area (Å²) in [5.41, 5.74) is 10.6. The maximum Gasteiger partial charge on any atom is 0.311 e. The molecule has 0 spiro atoms. The zero-order chi connectivity index (χ0) is 9.40. The Morgan fingerprint density at radius 2 is 1.92 bits per heavy atom. The summed E-state index contributed by atoms with van der Waals surface area (Å²) in [6.07, 6.45) is 0. The third kappa shape index (κ3) is 4.27. The van der Waals surface area contributed by atoms with Crippen molar-refractivity contribution >= 4 is 5.97 Å². The van der Waals surface area contributed by atoms with Crippen LogP contribution in [0.15, 0.2) is 0 Å². The van der Waals surface area contributed by atoms with Crippen molar-refractivity contribution in [3.63, 3.8) is 0 Å². The summed E-state index contributed by atoms with van der Waals surface area (Å²) in [4.78, 5) is 11.0. The van der Waals surface area contributed by atoms with Gasteiger partial charge in [-0.15, -0.1) is 0 Å². The van der Waals surface area contributed by atoms with E-state index >= 15 is 0 Å². The largest absolute Gasteiger partial charge is 0.463 e. The van der Waals surface area contributed by atoms with Crippen molar-refractivity contribution in [1.82, 2.24) is 0 Å². The fourth-order valence-electron chi connectivity index (χ4n) is 0.632. The summed E-state index contributed by atoms with van der Waals surface area (Å²) in [7, 11) is 1.54. The van der Waals surface area contributed by atoms with Crippen LogP contribution in [-0.2, 0) is 14.3 Å². The van der Waals surface area contributed by atoms with Crippen molar-refractivity contribution in [3.05, 3.63) is 0 Å². The zero-order valence-corrected chi connectivity index (χ0v) is 7.29. The van der Waals surface area contributed by atoms with Crippen LogP contribution in [0.1, 0.15) is 0 Å². The SMILES string of the molecule is COCCOC(=O)C(CN)CN. The molecule has 0 aliphatic carbocycles. The van der Waals surface area contributed by atoms with Gasteiger partial charge in [-0.1, -0.05) is 0 Å². The van der Waals surface area contributed by atoms with E-state index < -0.39 is 0 Å². The number of esters is 1. The molecule has 0 saturated carbocycles. The van der Waals surface area contributed by atoms with Gasteiger partial charge in [0.2, 0.25) is 0 Å². The van der Waals surface area contributed by atoms with Crippen molar-refractivity contribution in [2.24, 2.45) is 17.4 Å². The van der Waals surface area contributed by atoms with Crippen LogP contribution in [0, 0.1) is 5.92 Å². The lowest BCUT2D eigenvalue weighted by Crippen LogP contribution is -2.32. The van der Waals surface area contributed by atoms with E-state index in [-0.39, 0.29) is 31.6 Å². The summed E-state index contributed by atoms with van der Waals surface area (Å²) in [6, 6.07) is 0. The molecule has 0 aromatic carbocycles. The molecule has 0 unspecified atom stereocenters. The third-order valence-corrected chi connectivity index (χ3v) is 1.43. The maximum absolute atomic E-state index is 11.0. The van der Waals surface area contributed by atoms with Gasteiger partial charge in [0.05, 0.1) is 12.5 Å². The Hall–Kier alpha value is -0.650. The molecular formula is C7H16N2O3. The Balaban J connectivity index is 3.54. The maximum atomic E-state index is 11.0. The Morgan fingerprint density at radius 1 is 1.33 bits per heavy atom. The Bertz CT molecular complexity index is 126. The van der Waals surface area contributed by atoms with E-state index in [1.54, 1.807) is 0 Å². The van der Waals surface area contributed by atoms with Gasteiger partial charge in [0.15, 0.2) is 0 Å². The summed E-state index contributed by atoms with van der Waals surface area (Å²) in [5.74, 6) is -0.737. The molecule has 5 nitrogen and oxygen atoms in total. The molecule has 0 fully saturated rings. The average molecular weight is 176 g/mol. The molecule has 72 valence electrons. The second kappa shape index (κ2) is 7.02. The van der Waals surface area contributed by atoms with Crippen molar-refractivity contribution < 1.29 is 14.3 Å². The molecule has 0 saturated heterocycles. The highest BCUT2D eigenvalue weighted by atomic mass is 16.6. The van der Waals surface area contributed by atoms with E-state index in [1.165, 1.54) is 7.11 Å². The molecule has 0 heterocycles. The van der Waals surface area contributed by atoms with E-state index in [4.69, 9.17) is 20.9 Å². The zero-order valence-electron chi connectivity index (χ0n) is 7.29. The summed E-state index contributed by atoms with van der Waals surface area (Å²) >= 11 is 0. The van der Waals surface area contributed by atoms with E-state index in [0.29, 0.717) is 6.61 Å². The molecule has 0 aliphatic rings. The Labute approximate surface area is 72.0 Å². The molecule has 0 aromatic rings. The van der Waals surface area contributed by atoms with Crippen molar-refractivity contribution in [2.75, 3.05) is 33.4 Å². The fourth-order valence-corrected chi connectivity index (χ4v) is 0.632. The standard InChI is InChI=1S/C7H16N2O3/c1-11-2-3-12-7(10)6(4-8)5-9/h6H,2-5,8-9H2,1H3. The molecule has 0 atom stereocenters. The number of ether oxygens (including phenoxy) is 2. The smallest absolute Gasteiger partial charge is 0.311 e. The first-order valence-corrected chi connectivity index (χ1v) is 3.82. The number of hydrogen-bond donors (Lipinski definition) is 2. The van der Waals surface area contributed by atoms with Crippen molar-refractivity contribution in [3.8, 4) is 0 Å². The molecule has 4 N–H and O–H groups in total. The van der Waals surface area contributed by atoms with Crippen molar-refractivity contribution in [1.29, 1.82) is 0 Å². The van der Waals surface area contributed by atoms with Crippen LogP contribution in [0.2, 0.25) is 0 Å². The van der Waals surface area contributed by atoms with Crippen LogP contribution < -0.4 is 11.5 Å². The van der Waals surface area contributed by atoms with Crippen LogP contribution >= 0.6 is 0 Å². The molecule has 5 heteroatoms. The first-order valence-electron chi connectivity index (χ1n) is 3.82. The molecule has 12 heavy (non-hydrogen) atoms. The highest BCUT2D eigenvalue weighted by Crippen LogP contribution is 1.94. The van der Waals surface area contributed by atoms with E-state index in [1.807, 2.05) is 0 Å². The third-order valence-electron chi connectivity index (χ3n) is 1.43. The summed E-state index contributed by atoms with van der Waals surface area (Å²) in [6.45, 7) is 1.10. The van der Waals surface area contributed by atoms with Gasteiger partial charge in [-0.3, -0.25) is 4.79 Å². The van der Waals surface area contributed by atoms with Gasteiger partial charge in [0.25, 0.3) is 0 Å². The predicted molar refractivity (Wildman–Crippen MR) is 44.4 cm³/mol. The lowest BCUT2D eigenvalue weighted by molar-refractivity contribution is -0.149. The number of carbonyl (C=O) groups excluding carboxylic acids is 1. The highest BCUT2D eigenvalue weighted by Gasteiger charge is 2.15. The van der Waals surface area contributed by atoms with Crippen LogP contribution in [0.3, 0.4) is 0 Å². The van der Waals surface area contributed by atoms with Gasteiger partial charge >= 0.3 is 5.97 Å². The van der Waals surface area contributed by atoms with Gasteiger partial charge in [-0.05, 0) is 0 Å². The molecule has 0 rings (SSSR count). The second-order valence-corrected chi connectivity index (χ2v) is 2.33. The monoisotopic (exact) mass is 176 g/mol. The number of methoxy groups -OCH3 is 1. The van der Waals surface area contributed by atoms with Crippen LogP contribution in [0.4, 0.5) is 0 Å². The molecule has 0 aromatic heterocycles. The normalized spacial score (nSPS) is 10.3. The van der Waals surface area contributed by atoms with Gasteiger partial charge in [-0.25, -0.2) is 0 Å². The first kappa shape index (κ1) is 11.4. The molecule has 0 radical (unpaired) electrons. The van der Waals surface area contributed by atoms with Crippen LogP contribution in [0.5, 0.6) is 0 Å². The van der Waals surface area contributed by atoms with Gasteiger partial charge < -0.3 is 20.9 Å². The quantitative estimate of drug-likeness (QED) is 0.388. The van der Waals surface area contributed by atoms with Crippen LogP contribution in [-0.4, -0.2) is 39.4 Å². The molecular weight excluding hydrogens is 160 g/mol. The topological polar surface area (TPSA) is 87.6 Å². The summed E-state index contributed by atoms with van der Waals surface area (Å²) < 4.78 is 9.50. The predicted octanol–water partition coefficient (Wildman–Crippen LogP) is -1.29. The number of carbonyl (C=O) groups is 1. The Kier molecular flexibility index (Phi) is 6.64. The van der Waals surface area contributed by atoms with E-state index in [2.05, 4.69) is 0 Å². The highest BCUT2D eigenvalue weighted by molar-refractivity contribution is 5.72. The minimum absolute atomic E-state index is 0.225. The molecule has 0 aliphatic heterocycles. The van der Waals surface area contributed by atoms with Gasteiger partial charge in [0.1, 0.15) is 6.61 Å². The van der Waals surface area contributed by atoms with Crippen molar-refractivity contribution in [2.45, 2.75) is 0 Å². The second-order valence-electron chi connectivity index (χ2n) is 2.33. The van der Waals surface area contributed by atoms with E-state index in [0.717, 1.165) is 0 Å². The van der Waals surface area contributed by atoms with Gasteiger partial charge in [-0.2, -0.15) is 0 Å². The lowest BCUT2D eigenvalue weighted by atomic mass is 10.1. The lowest BCUT2D eigenvalue weighted by Gasteiger charge is -2.10. The minimum atomic E-state index is -0.387. The fraction of sp³-hybridized carbons (Fsp3) is 0.857. The Morgan fingerprint density at radius 3 is 2.33 bits per heavy atom. The molecule has 0 amide bonds. The summed E-state index contributed by atoms with van der Waals surface area (Å²) in [5, 5.41) is 0. The number of rotatable bonds is 6.